The molecule has 0 aliphatic carbocycles. The molecular weight excluding hydrogens is 466 g/mol. The van der Waals surface area contributed by atoms with Crippen LogP contribution in [0, 0.1) is 12.8 Å². The molecule has 6 nitrogen and oxygen atoms in total. The molecule has 0 bridgehead atoms. The minimum Gasteiger partial charge on any atom is -0.451 e. The van der Waals surface area contributed by atoms with Crippen molar-refractivity contribution in [3.05, 3.63) is 77.0 Å². The highest BCUT2D eigenvalue weighted by Crippen LogP contribution is 2.35. The van der Waals surface area contributed by atoms with Crippen molar-refractivity contribution in [1.82, 2.24) is 9.88 Å². The van der Waals surface area contributed by atoms with E-state index in [2.05, 4.69) is 16.4 Å². The molecule has 1 unspecified atom stereocenters. The lowest BCUT2D eigenvalue weighted by atomic mass is 9.96. The first-order chi connectivity index (χ1) is 16.6. The van der Waals surface area contributed by atoms with Crippen molar-refractivity contribution in [2.75, 3.05) is 18.4 Å². The van der Waals surface area contributed by atoms with E-state index in [1.165, 1.54) is 4.21 Å². The summed E-state index contributed by atoms with van der Waals surface area (Å²) in [6, 6.07) is 15.6. The third kappa shape index (κ3) is 4.74. The Kier molecular flexibility index (Phi) is 6.69. The number of nitrogens with one attached hydrogen (secondary N) is 1. The number of thiophene rings is 1. The molecule has 3 aromatic heterocycles. The molecule has 1 aromatic carbocycles. The smallest absolute Gasteiger partial charge is 0.289 e. The summed E-state index contributed by atoms with van der Waals surface area (Å²) >= 11 is 3.39. The average molecular weight is 492 g/mol. The highest BCUT2D eigenvalue weighted by molar-refractivity contribution is 8.00. The maximum Gasteiger partial charge on any atom is 0.289 e. The van der Waals surface area contributed by atoms with Crippen molar-refractivity contribution in [3.8, 4) is 0 Å². The molecule has 1 fully saturated rings. The number of benzene rings is 1. The normalized spacial score (nSPS) is 16.0. The predicted octanol–water partition coefficient (Wildman–Crippen LogP) is 5.98. The summed E-state index contributed by atoms with van der Waals surface area (Å²) in [5.74, 6) is 1.07. The number of anilines is 1. The number of piperidine rings is 1. The Balaban J connectivity index is 1.35. The number of likely N-dealkylation sites (tertiary alicyclic amines) is 1. The van der Waals surface area contributed by atoms with E-state index in [1.54, 1.807) is 34.2 Å². The van der Waals surface area contributed by atoms with Crippen LogP contribution in [0.1, 0.15) is 34.5 Å². The van der Waals surface area contributed by atoms with Gasteiger partial charge in [-0.25, -0.2) is 4.98 Å². The minimum atomic E-state index is -0.285. The lowest BCUT2D eigenvalue weighted by Gasteiger charge is -2.31. The number of carbonyl (C=O) groups is 2. The zero-order valence-corrected chi connectivity index (χ0v) is 20.5. The summed E-state index contributed by atoms with van der Waals surface area (Å²) in [6.45, 7) is 2.89. The number of carbonyl (C=O) groups excluding carboxylic acids is 2. The fraction of sp³-hybridized carbons (Fsp3) is 0.269. The van der Waals surface area contributed by atoms with Crippen LogP contribution in [0.4, 0.5) is 5.82 Å². The van der Waals surface area contributed by atoms with Crippen molar-refractivity contribution in [2.24, 2.45) is 5.92 Å². The van der Waals surface area contributed by atoms with Gasteiger partial charge in [0, 0.05) is 36.0 Å². The van der Waals surface area contributed by atoms with E-state index in [0.29, 0.717) is 36.0 Å². The van der Waals surface area contributed by atoms with Crippen LogP contribution in [0.5, 0.6) is 0 Å². The zero-order chi connectivity index (χ0) is 23.5. The second kappa shape index (κ2) is 10.0. The highest BCUT2D eigenvalue weighted by atomic mass is 32.2. The summed E-state index contributed by atoms with van der Waals surface area (Å²) in [7, 11) is 0. The topological polar surface area (TPSA) is 75.4 Å². The van der Waals surface area contributed by atoms with E-state index in [1.807, 2.05) is 54.8 Å². The molecule has 4 heterocycles. The molecule has 0 spiro atoms. The number of rotatable bonds is 6. The molecule has 5 rings (SSSR count). The Bertz CT molecular complexity index is 1320. The first kappa shape index (κ1) is 22.7. The molecular formula is C26H25N3O3S2. The monoisotopic (exact) mass is 491 g/mol. The van der Waals surface area contributed by atoms with Gasteiger partial charge in [-0.05, 0) is 48.9 Å². The van der Waals surface area contributed by atoms with Gasteiger partial charge in [-0.3, -0.25) is 9.59 Å². The number of amides is 2. The molecule has 8 heteroatoms. The van der Waals surface area contributed by atoms with Crippen molar-refractivity contribution in [1.29, 1.82) is 0 Å². The van der Waals surface area contributed by atoms with E-state index >= 15 is 0 Å². The number of para-hydroxylation sites is 1. The average Bonchev–Trinajstić information content (AvgIpc) is 3.51. The van der Waals surface area contributed by atoms with E-state index in [9.17, 15) is 9.59 Å². The predicted molar refractivity (Wildman–Crippen MR) is 136 cm³/mol. The number of aryl methyl sites for hydroxylation is 1. The molecule has 4 aromatic rings. The van der Waals surface area contributed by atoms with Crippen LogP contribution in [-0.2, 0) is 10.5 Å². The fourth-order valence-corrected chi connectivity index (χ4v) is 6.07. The van der Waals surface area contributed by atoms with Gasteiger partial charge in [0.05, 0.1) is 10.1 Å². The van der Waals surface area contributed by atoms with Crippen molar-refractivity contribution in [3.63, 3.8) is 0 Å². The molecule has 1 aliphatic rings. The van der Waals surface area contributed by atoms with Crippen molar-refractivity contribution >= 4 is 51.7 Å². The van der Waals surface area contributed by atoms with Gasteiger partial charge in [0.15, 0.2) is 5.76 Å². The Morgan fingerprint density at radius 1 is 1.21 bits per heavy atom. The molecule has 1 saturated heterocycles. The summed E-state index contributed by atoms with van der Waals surface area (Å²) in [5.41, 5.74) is 2.54. The van der Waals surface area contributed by atoms with Crippen LogP contribution in [0.25, 0.3) is 11.0 Å². The largest absolute Gasteiger partial charge is 0.451 e. The zero-order valence-electron chi connectivity index (χ0n) is 18.8. The maximum atomic E-state index is 13.6. The van der Waals surface area contributed by atoms with Gasteiger partial charge in [-0.15, -0.1) is 23.1 Å². The summed E-state index contributed by atoms with van der Waals surface area (Å²) in [5, 5.41) is 5.95. The van der Waals surface area contributed by atoms with E-state index < -0.39 is 0 Å². The lowest BCUT2D eigenvalue weighted by Crippen LogP contribution is -2.44. The van der Waals surface area contributed by atoms with Crippen molar-refractivity contribution < 1.29 is 14.0 Å². The van der Waals surface area contributed by atoms with E-state index in [4.69, 9.17) is 4.42 Å². The van der Waals surface area contributed by atoms with Crippen LogP contribution in [0.15, 0.2) is 68.7 Å². The first-order valence-electron chi connectivity index (χ1n) is 11.3. The molecule has 2 amide bonds. The lowest BCUT2D eigenvalue weighted by molar-refractivity contribution is -0.121. The summed E-state index contributed by atoms with van der Waals surface area (Å²) < 4.78 is 7.28. The number of nitrogens with zero attached hydrogens (tertiary/aromatic N) is 2. The van der Waals surface area contributed by atoms with Gasteiger partial charge in [0.2, 0.25) is 5.91 Å². The molecule has 0 saturated carbocycles. The third-order valence-corrected chi connectivity index (χ3v) is 8.23. The number of fused-ring (bicyclic) bond motifs is 1. The van der Waals surface area contributed by atoms with E-state index in [-0.39, 0.29) is 17.7 Å². The Labute approximate surface area is 206 Å². The highest BCUT2D eigenvalue weighted by Gasteiger charge is 2.32. The number of hydrogen-bond donors (Lipinski definition) is 1. The standard InChI is InChI=1S/C26H25N3O3S2/c1-17-7-4-12-27-24(17)28-25(30)18-8-5-13-29(15-18)26(31)23-20(16-34-22-11-6-14-33-22)19-9-2-3-10-21(19)32-23/h2-4,6-7,9-12,14,18H,5,8,13,15-16H2,1H3,(H,27,28,30). The fourth-order valence-electron chi connectivity index (χ4n) is 4.26. The second-order valence-electron chi connectivity index (χ2n) is 8.38. The molecule has 0 radical (unpaired) electrons. The second-order valence-corrected chi connectivity index (χ2v) is 10.6. The van der Waals surface area contributed by atoms with Crippen molar-refractivity contribution in [2.45, 2.75) is 29.7 Å². The summed E-state index contributed by atoms with van der Waals surface area (Å²) in [4.78, 5) is 32.6. The quantitative estimate of drug-likeness (QED) is 0.336. The van der Waals surface area contributed by atoms with Crippen LogP contribution < -0.4 is 5.32 Å². The number of pyridine rings is 1. The van der Waals surface area contributed by atoms with Crippen LogP contribution >= 0.6 is 23.1 Å². The van der Waals surface area contributed by atoms with E-state index in [0.717, 1.165) is 29.4 Å². The molecule has 1 N–H and O–H groups in total. The molecule has 174 valence electrons. The molecule has 34 heavy (non-hydrogen) atoms. The SMILES string of the molecule is Cc1cccnc1NC(=O)C1CCCN(C(=O)c2oc3ccccc3c2CSc2cccs2)C1. The third-order valence-electron chi connectivity index (χ3n) is 6.08. The Morgan fingerprint density at radius 3 is 2.91 bits per heavy atom. The van der Waals surface area contributed by atoms with Gasteiger partial charge in [0.1, 0.15) is 11.4 Å². The van der Waals surface area contributed by atoms with Gasteiger partial charge >= 0.3 is 0 Å². The van der Waals surface area contributed by atoms with Crippen LogP contribution in [0.2, 0.25) is 0 Å². The van der Waals surface area contributed by atoms with Crippen LogP contribution in [-0.4, -0.2) is 34.8 Å². The minimum absolute atomic E-state index is 0.0996. The number of aromatic nitrogens is 1. The Hall–Kier alpha value is -3.10. The van der Waals surface area contributed by atoms with Gasteiger partial charge < -0.3 is 14.6 Å². The Morgan fingerprint density at radius 2 is 2.09 bits per heavy atom. The number of hydrogen-bond acceptors (Lipinski definition) is 6. The molecule has 1 atom stereocenters. The van der Waals surface area contributed by atoms with Crippen LogP contribution in [0.3, 0.4) is 0 Å². The van der Waals surface area contributed by atoms with Gasteiger partial charge in [-0.2, -0.15) is 0 Å². The molecule has 1 aliphatic heterocycles. The summed E-state index contributed by atoms with van der Waals surface area (Å²) in [6.07, 6.45) is 3.17. The maximum absolute atomic E-state index is 13.6. The first-order valence-corrected chi connectivity index (χ1v) is 13.1. The van der Waals surface area contributed by atoms with Gasteiger partial charge in [0.25, 0.3) is 5.91 Å². The van der Waals surface area contributed by atoms with Gasteiger partial charge in [-0.1, -0.05) is 30.3 Å². The number of thioether (sulfide) groups is 1. The number of furan rings is 1.